The van der Waals surface area contributed by atoms with E-state index in [-0.39, 0.29) is 11.9 Å². The minimum Gasteiger partial charge on any atom is -0.465 e. The molecule has 0 aromatic carbocycles. The zero-order chi connectivity index (χ0) is 10.1. The van der Waals surface area contributed by atoms with Crippen LogP contribution in [0.5, 0.6) is 0 Å². The van der Waals surface area contributed by atoms with Crippen molar-refractivity contribution in [3.8, 4) is 0 Å². The van der Waals surface area contributed by atoms with Gasteiger partial charge in [-0.1, -0.05) is 0 Å². The molecular weight excluding hydrogens is 184 g/mol. The second kappa shape index (κ2) is 3.48. The normalized spacial score (nSPS) is 27.4. The Labute approximate surface area is 82.3 Å². The Morgan fingerprint density at radius 3 is 2.93 bits per heavy atom. The summed E-state index contributed by atoms with van der Waals surface area (Å²) in [6, 6.07) is 0.126. The number of carboxylic acid groups (broad SMARTS) is 1. The van der Waals surface area contributed by atoms with Crippen molar-refractivity contribution in [2.24, 2.45) is 0 Å². The number of hydrogen-bond acceptors (Lipinski definition) is 2. The summed E-state index contributed by atoms with van der Waals surface area (Å²) in [6.07, 6.45) is 1.59. The summed E-state index contributed by atoms with van der Waals surface area (Å²) in [5.74, 6) is 0.186. The number of carbonyl (C=O) groups excluding carboxylic acids is 1. The summed E-state index contributed by atoms with van der Waals surface area (Å²) in [5.41, 5.74) is 0. The monoisotopic (exact) mass is 198 g/mol. The molecule has 2 rings (SSSR count). The summed E-state index contributed by atoms with van der Waals surface area (Å²) in [6.45, 7) is 1.51. The van der Waals surface area contributed by atoms with Crippen LogP contribution in [0.4, 0.5) is 4.79 Å². The van der Waals surface area contributed by atoms with Crippen molar-refractivity contribution in [2.75, 3.05) is 19.6 Å². The Kier molecular flexibility index (Phi) is 2.31. The maximum absolute atomic E-state index is 11.5. The Morgan fingerprint density at radius 2 is 2.21 bits per heavy atom. The first kappa shape index (κ1) is 9.30. The highest BCUT2D eigenvalue weighted by atomic mass is 16.4. The Bertz CT molecular complexity index is 267. The van der Waals surface area contributed by atoms with Crippen LogP contribution >= 0.6 is 0 Å². The van der Waals surface area contributed by atoms with E-state index in [2.05, 4.69) is 0 Å². The molecule has 0 aliphatic carbocycles. The summed E-state index contributed by atoms with van der Waals surface area (Å²) >= 11 is 0. The maximum Gasteiger partial charge on any atom is 0.407 e. The minimum absolute atomic E-state index is 0.126. The molecule has 0 aromatic rings. The number of carbonyl (C=O) groups is 2. The van der Waals surface area contributed by atoms with Gasteiger partial charge in [-0.2, -0.15) is 0 Å². The van der Waals surface area contributed by atoms with E-state index in [4.69, 9.17) is 5.11 Å². The predicted molar refractivity (Wildman–Crippen MR) is 48.9 cm³/mol. The van der Waals surface area contributed by atoms with Gasteiger partial charge in [0, 0.05) is 32.1 Å². The van der Waals surface area contributed by atoms with Crippen molar-refractivity contribution in [3.63, 3.8) is 0 Å². The molecule has 2 fully saturated rings. The molecule has 5 heteroatoms. The quantitative estimate of drug-likeness (QED) is 0.611. The van der Waals surface area contributed by atoms with Crippen molar-refractivity contribution in [1.29, 1.82) is 0 Å². The second-order valence-electron chi connectivity index (χ2n) is 3.86. The molecule has 78 valence electrons. The number of rotatable bonds is 0. The molecule has 2 saturated heterocycles. The molecule has 2 aliphatic rings. The molecular formula is C9H14N2O3. The number of piperidine rings is 1. The molecule has 1 N–H and O–H groups in total. The summed E-state index contributed by atoms with van der Waals surface area (Å²) in [7, 11) is 0. The average Bonchev–Trinajstić information content (AvgIpc) is 2.17. The van der Waals surface area contributed by atoms with Crippen molar-refractivity contribution >= 4 is 12.0 Å². The van der Waals surface area contributed by atoms with E-state index in [1.54, 1.807) is 0 Å². The number of nitrogens with zero attached hydrogens (tertiary/aromatic N) is 2. The van der Waals surface area contributed by atoms with Gasteiger partial charge in [0.1, 0.15) is 0 Å². The van der Waals surface area contributed by atoms with Gasteiger partial charge in [-0.05, 0) is 12.8 Å². The molecule has 0 radical (unpaired) electrons. The third-order valence-corrected chi connectivity index (χ3v) is 3.00. The molecule has 0 unspecified atom stereocenters. The van der Waals surface area contributed by atoms with Crippen LogP contribution in [-0.4, -0.2) is 52.6 Å². The van der Waals surface area contributed by atoms with Gasteiger partial charge >= 0.3 is 6.09 Å². The van der Waals surface area contributed by atoms with Gasteiger partial charge in [-0.3, -0.25) is 4.79 Å². The number of amides is 2. The third-order valence-electron chi connectivity index (χ3n) is 3.00. The second-order valence-corrected chi connectivity index (χ2v) is 3.86. The average molecular weight is 198 g/mol. The molecule has 0 spiro atoms. The molecule has 5 nitrogen and oxygen atoms in total. The van der Waals surface area contributed by atoms with Crippen molar-refractivity contribution in [2.45, 2.75) is 25.3 Å². The molecule has 14 heavy (non-hydrogen) atoms. The fourth-order valence-electron chi connectivity index (χ4n) is 2.24. The summed E-state index contributed by atoms with van der Waals surface area (Å²) < 4.78 is 0. The van der Waals surface area contributed by atoms with Crippen LogP contribution in [0.3, 0.4) is 0 Å². The first-order valence-corrected chi connectivity index (χ1v) is 4.96. The van der Waals surface area contributed by atoms with Crippen LogP contribution in [0.25, 0.3) is 0 Å². The zero-order valence-electron chi connectivity index (χ0n) is 7.98. The lowest BCUT2D eigenvalue weighted by Crippen LogP contribution is -2.57. The number of piperazine rings is 1. The van der Waals surface area contributed by atoms with Crippen LogP contribution in [0, 0.1) is 0 Å². The standard InChI is InChI=1S/C9H14N2O3/c12-8-3-1-2-7-6-10(9(13)14)4-5-11(7)8/h7H,1-6H2,(H,13,14)/t7-/m1/s1. The van der Waals surface area contributed by atoms with Gasteiger partial charge in [0.05, 0.1) is 0 Å². The van der Waals surface area contributed by atoms with Gasteiger partial charge in [0.2, 0.25) is 5.91 Å². The highest BCUT2D eigenvalue weighted by Gasteiger charge is 2.34. The van der Waals surface area contributed by atoms with E-state index in [1.165, 1.54) is 4.90 Å². The van der Waals surface area contributed by atoms with Crippen molar-refractivity contribution < 1.29 is 14.7 Å². The van der Waals surface area contributed by atoms with Crippen LogP contribution in [-0.2, 0) is 4.79 Å². The van der Waals surface area contributed by atoms with Crippen LogP contribution in [0.2, 0.25) is 0 Å². The fraction of sp³-hybridized carbons (Fsp3) is 0.778. The smallest absolute Gasteiger partial charge is 0.407 e. The lowest BCUT2D eigenvalue weighted by atomic mass is 9.99. The fourth-order valence-corrected chi connectivity index (χ4v) is 2.24. The largest absolute Gasteiger partial charge is 0.465 e. The molecule has 2 aliphatic heterocycles. The zero-order valence-corrected chi connectivity index (χ0v) is 7.98. The lowest BCUT2D eigenvalue weighted by Gasteiger charge is -2.42. The lowest BCUT2D eigenvalue weighted by molar-refractivity contribution is -0.139. The number of hydrogen-bond donors (Lipinski definition) is 1. The Morgan fingerprint density at radius 1 is 1.43 bits per heavy atom. The highest BCUT2D eigenvalue weighted by Crippen LogP contribution is 2.21. The summed E-state index contributed by atoms with van der Waals surface area (Å²) in [4.78, 5) is 25.4. The summed E-state index contributed by atoms with van der Waals surface area (Å²) in [5, 5.41) is 8.82. The minimum atomic E-state index is -0.873. The molecule has 2 heterocycles. The highest BCUT2D eigenvalue weighted by molar-refractivity contribution is 5.77. The van der Waals surface area contributed by atoms with E-state index in [0.29, 0.717) is 26.1 Å². The van der Waals surface area contributed by atoms with E-state index >= 15 is 0 Å². The number of fused-ring (bicyclic) bond motifs is 1. The first-order chi connectivity index (χ1) is 6.68. The van der Waals surface area contributed by atoms with Crippen molar-refractivity contribution in [3.05, 3.63) is 0 Å². The van der Waals surface area contributed by atoms with E-state index in [1.807, 2.05) is 4.90 Å². The van der Waals surface area contributed by atoms with Crippen molar-refractivity contribution in [1.82, 2.24) is 9.80 Å². The van der Waals surface area contributed by atoms with Gasteiger partial charge < -0.3 is 14.9 Å². The molecule has 1 atom stereocenters. The Hall–Kier alpha value is -1.26. The van der Waals surface area contributed by atoms with Crippen LogP contribution < -0.4 is 0 Å². The van der Waals surface area contributed by atoms with E-state index in [9.17, 15) is 9.59 Å². The van der Waals surface area contributed by atoms with Gasteiger partial charge in [0.25, 0.3) is 0 Å². The molecule has 2 amide bonds. The van der Waals surface area contributed by atoms with E-state index in [0.717, 1.165) is 12.8 Å². The van der Waals surface area contributed by atoms with E-state index < -0.39 is 6.09 Å². The topological polar surface area (TPSA) is 60.9 Å². The molecule has 0 bridgehead atoms. The Balaban J connectivity index is 2.03. The predicted octanol–water partition coefficient (Wildman–Crippen LogP) is 0.361. The van der Waals surface area contributed by atoms with Gasteiger partial charge in [-0.15, -0.1) is 0 Å². The van der Waals surface area contributed by atoms with Gasteiger partial charge in [-0.25, -0.2) is 4.79 Å². The first-order valence-electron chi connectivity index (χ1n) is 4.96. The maximum atomic E-state index is 11.5. The third kappa shape index (κ3) is 1.54. The molecule has 0 aromatic heterocycles. The van der Waals surface area contributed by atoms with Crippen LogP contribution in [0.1, 0.15) is 19.3 Å². The molecule has 0 saturated carbocycles. The van der Waals surface area contributed by atoms with Crippen LogP contribution in [0.15, 0.2) is 0 Å². The SMILES string of the molecule is O=C(O)N1CCN2C(=O)CCC[C@@H]2C1. The van der Waals surface area contributed by atoms with Gasteiger partial charge in [0.15, 0.2) is 0 Å².